The summed E-state index contributed by atoms with van der Waals surface area (Å²) in [5, 5.41) is 0. The number of hydrogen-bond donors (Lipinski definition) is 0. The number of aromatic nitrogens is 2. The minimum absolute atomic E-state index is 0.0894. The van der Waals surface area contributed by atoms with E-state index in [0.717, 1.165) is 17.1 Å². The summed E-state index contributed by atoms with van der Waals surface area (Å²) in [7, 11) is 1.97. The van der Waals surface area contributed by atoms with E-state index in [1.807, 2.05) is 42.3 Å². The summed E-state index contributed by atoms with van der Waals surface area (Å²) in [4.78, 5) is 22.4. The maximum atomic E-state index is 11.6. The molecular formula is C17H21N3O2. The minimum Gasteiger partial charge on any atom is -0.466 e. The van der Waals surface area contributed by atoms with Crippen LogP contribution in [-0.2, 0) is 16.0 Å². The molecule has 0 spiro atoms. The van der Waals surface area contributed by atoms with Crippen LogP contribution in [0.5, 0.6) is 0 Å². The summed E-state index contributed by atoms with van der Waals surface area (Å²) in [6.45, 7) is 4.27. The lowest BCUT2D eigenvalue weighted by Gasteiger charge is -2.25. The molecule has 0 N–H and O–H groups in total. The number of hydrogen-bond acceptors (Lipinski definition) is 5. The van der Waals surface area contributed by atoms with Gasteiger partial charge in [-0.25, -0.2) is 4.98 Å². The van der Waals surface area contributed by atoms with Gasteiger partial charge in [-0.2, -0.15) is 0 Å². The number of pyridine rings is 2. The molecule has 0 amide bonds. The number of ether oxygens (including phenoxy) is 1. The van der Waals surface area contributed by atoms with Crippen molar-refractivity contribution in [2.45, 2.75) is 26.3 Å². The van der Waals surface area contributed by atoms with Gasteiger partial charge >= 0.3 is 5.97 Å². The quantitative estimate of drug-likeness (QED) is 0.768. The molecule has 0 aliphatic heterocycles. The highest BCUT2D eigenvalue weighted by atomic mass is 16.5. The van der Waals surface area contributed by atoms with E-state index < -0.39 is 0 Å². The third kappa shape index (κ3) is 4.04. The van der Waals surface area contributed by atoms with E-state index in [1.54, 1.807) is 19.3 Å². The highest BCUT2D eigenvalue weighted by Crippen LogP contribution is 2.22. The molecule has 0 saturated heterocycles. The lowest BCUT2D eigenvalue weighted by molar-refractivity contribution is -0.142. The molecule has 22 heavy (non-hydrogen) atoms. The predicted octanol–water partition coefficient (Wildman–Crippen LogP) is 2.78. The molecule has 0 saturated carbocycles. The number of carbonyl (C=O) groups excluding carboxylic acids is 1. The third-order valence-electron chi connectivity index (χ3n) is 3.52. The Morgan fingerprint density at radius 2 is 2.09 bits per heavy atom. The molecule has 0 aliphatic rings. The van der Waals surface area contributed by atoms with E-state index in [9.17, 15) is 4.79 Å². The third-order valence-corrected chi connectivity index (χ3v) is 3.52. The van der Waals surface area contributed by atoms with Crippen LogP contribution in [0.1, 0.15) is 31.1 Å². The van der Waals surface area contributed by atoms with Crippen LogP contribution in [-0.4, -0.2) is 29.6 Å². The highest BCUT2D eigenvalue weighted by molar-refractivity contribution is 5.72. The average molecular weight is 299 g/mol. The molecule has 0 aromatic carbocycles. The van der Waals surface area contributed by atoms with Crippen LogP contribution in [0.3, 0.4) is 0 Å². The molecule has 2 aromatic rings. The van der Waals surface area contributed by atoms with Crippen molar-refractivity contribution in [3.05, 3.63) is 54.0 Å². The molecule has 1 atom stereocenters. The van der Waals surface area contributed by atoms with Gasteiger partial charge in [0.25, 0.3) is 0 Å². The smallest absolute Gasteiger partial charge is 0.310 e. The Labute approximate surface area is 131 Å². The van der Waals surface area contributed by atoms with Gasteiger partial charge in [0.1, 0.15) is 5.82 Å². The Morgan fingerprint density at radius 3 is 2.77 bits per heavy atom. The first-order valence-corrected chi connectivity index (χ1v) is 7.36. The fourth-order valence-corrected chi connectivity index (χ4v) is 2.16. The van der Waals surface area contributed by atoms with E-state index in [0.29, 0.717) is 6.61 Å². The first-order chi connectivity index (χ1) is 10.6. The lowest BCUT2D eigenvalue weighted by atomic mass is 10.1. The zero-order valence-electron chi connectivity index (χ0n) is 13.2. The Hall–Kier alpha value is -2.43. The van der Waals surface area contributed by atoms with E-state index in [2.05, 4.69) is 16.9 Å². The molecule has 116 valence electrons. The minimum atomic E-state index is -0.222. The average Bonchev–Trinajstić information content (AvgIpc) is 2.54. The first kappa shape index (κ1) is 15.9. The summed E-state index contributed by atoms with van der Waals surface area (Å²) in [6, 6.07) is 9.69. The molecule has 0 bridgehead atoms. The molecule has 2 rings (SSSR count). The van der Waals surface area contributed by atoms with Crippen LogP contribution in [0, 0.1) is 0 Å². The van der Waals surface area contributed by atoms with Gasteiger partial charge in [-0.1, -0.05) is 6.07 Å². The van der Waals surface area contributed by atoms with E-state index in [1.165, 1.54) is 0 Å². The van der Waals surface area contributed by atoms with Gasteiger partial charge in [0, 0.05) is 19.4 Å². The summed E-state index contributed by atoms with van der Waals surface area (Å²) in [5.41, 5.74) is 1.87. The number of anilines is 1. The largest absolute Gasteiger partial charge is 0.466 e. The molecule has 0 aliphatic carbocycles. The Morgan fingerprint density at radius 1 is 1.27 bits per heavy atom. The standard InChI is InChI=1S/C17H21N3O2/c1-4-22-17(21)12-14-8-10-19-16(11-14)20(3)13(2)15-7-5-6-9-18-15/h5-11,13H,4,12H2,1-3H3. The summed E-state index contributed by atoms with van der Waals surface area (Å²) < 4.78 is 4.98. The lowest BCUT2D eigenvalue weighted by Crippen LogP contribution is -2.23. The van der Waals surface area contributed by atoms with E-state index in [4.69, 9.17) is 4.74 Å². The van der Waals surface area contributed by atoms with Gasteiger partial charge in [-0.15, -0.1) is 0 Å². The van der Waals surface area contributed by atoms with Crippen molar-refractivity contribution in [1.29, 1.82) is 0 Å². The molecule has 1 unspecified atom stereocenters. The summed E-state index contributed by atoms with van der Waals surface area (Å²) in [5.74, 6) is 0.583. The van der Waals surface area contributed by atoms with Gasteiger partial charge in [0.05, 0.1) is 24.8 Å². The Bertz CT molecular complexity index is 616. The Kier molecular flexibility index (Phi) is 5.47. The fourth-order valence-electron chi connectivity index (χ4n) is 2.16. The first-order valence-electron chi connectivity index (χ1n) is 7.36. The Balaban J connectivity index is 2.13. The monoisotopic (exact) mass is 299 g/mol. The van der Waals surface area contributed by atoms with Crippen LogP contribution in [0.15, 0.2) is 42.7 Å². The van der Waals surface area contributed by atoms with Crippen LogP contribution < -0.4 is 4.90 Å². The SMILES string of the molecule is CCOC(=O)Cc1ccnc(N(C)C(C)c2ccccn2)c1. The normalized spacial score (nSPS) is 11.8. The summed E-state index contributed by atoms with van der Waals surface area (Å²) in [6.07, 6.45) is 3.75. The van der Waals surface area contributed by atoms with Crippen LogP contribution in [0.2, 0.25) is 0 Å². The van der Waals surface area contributed by atoms with Crippen molar-refractivity contribution >= 4 is 11.8 Å². The highest BCUT2D eigenvalue weighted by Gasteiger charge is 2.15. The van der Waals surface area contributed by atoms with Crippen LogP contribution >= 0.6 is 0 Å². The topological polar surface area (TPSA) is 55.3 Å². The molecule has 5 heteroatoms. The fraction of sp³-hybridized carbons (Fsp3) is 0.353. The van der Waals surface area contributed by atoms with Gasteiger partial charge < -0.3 is 9.64 Å². The van der Waals surface area contributed by atoms with Gasteiger partial charge in [0.15, 0.2) is 0 Å². The van der Waals surface area contributed by atoms with Crippen molar-refractivity contribution in [2.24, 2.45) is 0 Å². The van der Waals surface area contributed by atoms with Crippen molar-refractivity contribution in [3.8, 4) is 0 Å². The molecule has 0 fully saturated rings. The zero-order valence-corrected chi connectivity index (χ0v) is 13.2. The van der Waals surface area contributed by atoms with Crippen LogP contribution in [0.4, 0.5) is 5.82 Å². The number of carbonyl (C=O) groups is 1. The van der Waals surface area contributed by atoms with E-state index >= 15 is 0 Å². The second-order valence-electron chi connectivity index (χ2n) is 5.05. The molecule has 2 aromatic heterocycles. The number of nitrogens with zero attached hydrogens (tertiary/aromatic N) is 3. The number of rotatable bonds is 6. The molecular weight excluding hydrogens is 278 g/mol. The van der Waals surface area contributed by atoms with Crippen molar-refractivity contribution in [2.75, 3.05) is 18.6 Å². The van der Waals surface area contributed by atoms with Gasteiger partial charge in [-0.05, 0) is 43.7 Å². The molecule has 0 radical (unpaired) electrons. The second-order valence-corrected chi connectivity index (χ2v) is 5.05. The number of esters is 1. The van der Waals surface area contributed by atoms with E-state index in [-0.39, 0.29) is 18.4 Å². The second kappa shape index (κ2) is 7.54. The predicted molar refractivity (Wildman–Crippen MR) is 85.6 cm³/mol. The van der Waals surface area contributed by atoms with Crippen molar-refractivity contribution < 1.29 is 9.53 Å². The zero-order chi connectivity index (χ0) is 15.9. The van der Waals surface area contributed by atoms with Crippen LogP contribution in [0.25, 0.3) is 0 Å². The van der Waals surface area contributed by atoms with Gasteiger partial charge in [-0.3, -0.25) is 9.78 Å². The maximum absolute atomic E-state index is 11.6. The molecule has 5 nitrogen and oxygen atoms in total. The van der Waals surface area contributed by atoms with Crippen molar-refractivity contribution in [1.82, 2.24) is 9.97 Å². The summed E-state index contributed by atoms with van der Waals surface area (Å²) >= 11 is 0. The van der Waals surface area contributed by atoms with Crippen molar-refractivity contribution in [3.63, 3.8) is 0 Å². The van der Waals surface area contributed by atoms with Gasteiger partial charge in [0.2, 0.25) is 0 Å². The molecule has 2 heterocycles. The maximum Gasteiger partial charge on any atom is 0.310 e.